The molecule has 0 aliphatic carbocycles. The number of hydrogen-bond donors (Lipinski definition) is 1. The molecule has 1 aromatic heterocycles. The van der Waals surface area contributed by atoms with Gasteiger partial charge in [-0.2, -0.15) is 13.2 Å². The minimum atomic E-state index is -4.63. The van der Waals surface area contributed by atoms with E-state index in [0.29, 0.717) is 12.1 Å². The number of benzene rings is 1. The van der Waals surface area contributed by atoms with Crippen molar-refractivity contribution in [1.29, 1.82) is 0 Å². The van der Waals surface area contributed by atoms with Crippen molar-refractivity contribution in [1.82, 2.24) is 14.8 Å². The van der Waals surface area contributed by atoms with Crippen LogP contribution in [0.1, 0.15) is 30.1 Å². The number of rotatable bonds is 5. The van der Waals surface area contributed by atoms with Gasteiger partial charge in [-0.05, 0) is 24.5 Å². The number of ketones is 1. The standard InChI is InChI=1S/C17H16F6N4O/c18-11-7-13(20)12(19)4-9(11)3-10(24)6-14(28)8-1-2-27-15(5-8)25-26-16(27)17(21,22)23/h4,7-8,10H,1-3,5-6,24H2/t8?,10-/m0/s1. The van der Waals surface area contributed by atoms with Crippen molar-refractivity contribution in [3.8, 4) is 0 Å². The van der Waals surface area contributed by atoms with Gasteiger partial charge in [-0.1, -0.05) is 0 Å². The van der Waals surface area contributed by atoms with Gasteiger partial charge in [-0.25, -0.2) is 13.2 Å². The number of alkyl halides is 3. The van der Waals surface area contributed by atoms with Crippen LogP contribution in [0.15, 0.2) is 12.1 Å². The molecule has 0 fully saturated rings. The number of hydrogen-bond acceptors (Lipinski definition) is 4. The van der Waals surface area contributed by atoms with Gasteiger partial charge >= 0.3 is 6.18 Å². The summed E-state index contributed by atoms with van der Waals surface area (Å²) in [5.74, 6) is -5.43. The van der Waals surface area contributed by atoms with Crippen LogP contribution >= 0.6 is 0 Å². The van der Waals surface area contributed by atoms with Crippen LogP contribution in [-0.4, -0.2) is 26.6 Å². The number of nitrogens with two attached hydrogens (primary N) is 1. The molecule has 5 nitrogen and oxygen atoms in total. The van der Waals surface area contributed by atoms with E-state index in [1.54, 1.807) is 0 Å². The van der Waals surface area contributed by atoms with Crippen molar-refractivity contribution in [3.63, 3.8) is 0 Å². The van der Waals surface area contributed by atoms with E-state index < -0.39 is 41.4 Å². The monoisotopic (exact) mass is 406 g/mol. The molecule has 2 heterocycles. The van der Waals surface area contributed by atoms with E-state index in [2.05, 4.69) is 10.2 Å². The van der Waals surface area contributed by atoms with E-state index in [4.69, 9.17) is 5.73 Å². The van der Waals surface area contributed by atoms with Gasteiger partial charge in [0.1, 0.15) is 17.4 Å². The highest BCUT2D eigenvalue weighted by atomic mass is 19.4. The predicted molar refractivity (Wildman–Crippen MR) is 84.5 cm³/mol. The summed E-state index contributed by atoms with van der Waals surface area (Å²) in [7, 11) is 0. The molecule has 0 amide bonds. The van der Waals surface area contributed by atoms with Crippen LogP contribution in [0.4, 0.5) is 26.3 Å². The minimum absolute atomic E-state index is 0.00578. The summed E-state index contributed by atoms with van der Waals surface area (Å²) in [5, 5.41) is 6.66. The lowest BCUT2D eigenvalue weighted by Gasteiger charge is -2.24. The van der Waals surface area contributed by atoms with Gasteiger partial charge in [-0.3, -0.25) is 4.79 Å². The molecule has 2 atom stereocenters. The first-order chi connectivity index (χ1) is 13.1. The Kier molecular flexibility index (Phi) is 5.46. The molecular weight excluding hydrogens is 390 g/mol. The largest absolute Gasteiger partial charge is 0.451 e. The Labute approximate surface area is 155 Å². The van der Waals surface area contributed by atoms with Gasteiger partial charge in [0.2, 0.25) is 5.82 Å². The topological polar surface area (TPSA) is 73.8 Å². The molecule has 0 saturated heterocycles. The fourth-order valence-electron chi connectivity index (χ4n) is 3.31. The quantitative estimate of drug-likeness (QED) is 0.612. The Morgan fingerprint density at radius 1 is 1.18 bits per heavy atom. The van der Waals surface area contributed by atoms with E-state index in [9.17, 15) is 31.1 Å². The maximum atomic E-state index is 13.7. The van der Waals surface area contributed by atoms with Crippen LogP contribution in [0.2, 0.25) is 0 Å². The summed E-state index contributed by atoms with van der Waals surface area (Å²) in [6.45, 7) is -0.0549. The fourth-order valence-corrected chi connectivity index (χ4v) is 3.31. The van der Waals surface area contributed by atoms with Crippen molar-refractivity contribution < 1.29 is 31.1 Å². The number of carbonyl (C=O) groups excluding carboxylic acids is 1. The molecule has 0 spiro atoms. The van der Waals surface area contributed by atoms with Crippen LogP contribution in [0.5, 0.6) is 0 Å². The zero-order valence-electron chi connectivity index (χ0n) is 14.4. The average Bonchev–Trinajstić information content (AvgIpc) is 3.03. The molecule has 0 saturated carbocycles. The molecule has 2 N–H and O–H groups in total. The summed E-state index contributed by atoms with van der Waals surface area (Å²) in [6.07, 6.45) is -4.83. The van der Waals surface area contributed by atoms with E-state index >= 15 is 0 Å². The number of fused-ring (bicyclic) bond motifs is 1. The second-order valence-corrected chi connectivity index (χ2v) is 6.77. The SMILES string of the molecule is N[C@H](CC(=O)C1CCn2c(nnc2C(F)(F)F)C1)Cc1cc(F)c(F)cc1F. The Bertz CT molecular complexity index is 895. The van der Waals surface area contributed by atoms with Crippen LogP contribution in [0.3, 0.4) is 0 Å². The second-order valence-electron chi connectivity index (χ2n) is 6.77. The summed E-state index contributed by atoms with van der Waals surface area (Å²) in [5.41, 5.74) is 5.69. The van der Waals surface area contributed by atoms with Crippen molar-refractivity contribution in [2.45, 2.75) is 44.4 Å². The highest BCUT2D eigenvalue weighted by Gasteiger charge is 2.40. The minimum Gasteiger partial charge on any atom is -0.327 e. The van der Waals surface area contributed by atoms with Gasteiger partial charge in [0, 0.05) is 37.4 Å². The number of Topliss-reactive ketones (excluding diaryl/α,β-unsaturated/α-hetero) is 1. The van der Waals surface area contributed by atoms with Gasteiger partial charge in [0.15, 0.2) is 11.6 Å². The third kappa shape index (κ3) is 4.18. The van der Waals surface area contributed by atoms with Crippen molar-refractivity contribution >= 4 is 5.78 Å². The van der Waals surface area contributed by atoms with E-state index in [0.717, 1.165) is 4.57 Å². The summed E-state index contributed by atoms with van der Waals surface area (Å²) in [6, 6.07) is 0.250. The number of aromatic nitrogens is 3. The summed E-state index contributed by atoms with van der Waals surface area (Å²) >= 11 is 0. The molecule has 1 unspecified atom stereocenters. The first-order valence-electron chi connectivity index (χ1n) is 8.47. The van der Waals surface area contributed by atoms with Crippen LogP contribution in [0, 0.1) is 23.4 Å². The number of halogens is 6. The van der Waals surface area contributed by atoms with Crippen molar-refractivity contribution in [2.24, 2.45) is 11.7 Å². The lowest BCUT2D eigenvalue weighted by molar-refractivity contribution is -0.147. The van der Waals surface area contributed by atoms with Gasteiger partial charge < -0.3 is 10.3 Å². The fraction of sp³-hybridized carbons (Fsp3) is 0.471. The predicted octanol–water partition coefficient (Wildman–Crippen LogP) is 2.81. The summed E-state index contributed by atoms with van der Waals surface area (Å²) < 4.78 is 79.4. The molecule has 152 valence electrons. The van der Waals surface area contributed by atoms with Gasteiger partial charge in [-0.15, -0.1) is 10.2 Å². The molecule has 28 heavy (non-hydrogen) atoms. The molecule has 1 aromatic carbocycles. The summed E-state index contributed by atoms with van der Waals surface area (Å²) in [4.78, 5) is 12.4. The highest BCUT2D eigenvalue weighted by molar-refractivity contribution is 5.81. The Balaban J connectivity index is 1.63. The zero-order chi connectivity index (χ0) is 20.6. The van der Waals surface area contributed by atoms with Crippen molar-refractivity contribution in [2.75, 3.05) is 0 Å². The third-order valence-corrected chi connectivity index (χ3v) is 4.70. The average molecular weight is 406 g/mol. The molecule has 1 aliphatic heterocycles. The second kappa shape index (κ2) is 7.53. The van der Waals surface area contributed by atoms with Crippen LogP contribution in [-0.2, 0) is 30.4 Å². The molecule has 2 aromatic rings. The number of nitrogens with zero attached hydrogens (tertiary/aromatic N) is 3. The first kappa shape index (κ1) is 20.3. The Morgan fingerprint density at radius 2 is 1.86 bits per heavy atom. The first-order valence-corrected chi connectivity index (χ1v) is 8.47. The third-order valence-electron chi connectivity index (χ3n) is 4.70. The Morgan fingerprint density at radius 3 is 2.54 bits per heavy atom. The zero-order valence-corrected chi connectivity index (χ0v) is 14.4. The molecule has 1 aliphatic rings. The lowest BCUT2D eigenvalue weighted by Crippen LogP contribution is -2.33. The molecular formula is C17H16F6N4O. The van der Waals surface area contributed by atoms with E-state index in [1.807, 2.05) is 0 Å². The number of carbonyl (C=O) groups is 1. The molecule has 0 bridgehead atoms. The van der Waals surface area contributed by atoms with E-state index in [1.165, 1.54) is 0 Å². The van der Waals surface area contributed by atoms with Gasteiger partial charge in [0.25, 0.3) is 0 Å². The molecule has 3 rings (SSSR count). The van der Waals surface area contributed by atoms with Crippen molar-refractivity contribution in [3.05, 3.63) is 46.8 Å². The smallest absolute Gasteiger partial charge is 0.327 e. The lowest BCUT2D eigenvalue weighted by atomic mass is 9.88. The maximum absolute atomic E-state index is 13.7. The van der Waals surface area contributed by atoms with E-state index in [-0.39, 0.29) is 49.4 Å². The maximum Gasteiger partial charge on any atom is 0.451 e. The molecule has 11 heteroatoms. The highest BCUT2D eigenvalue weighted by Crippen LogP contribution is 2.31. The van der Waals surface area contributed by atoms with Crippen LogP contribution < -0.4 is 5.73 Å². The molecule has 0 radical (unpaired) electrons. The van der Waals surface area contributed by atoms with Gasteiger partial charge in [0.05, 0.1) is 0 Å². The Hall–Kier alpha value is -2.43. The normalized spacial score (nSPS) is 18.0. The van der Waals surface area contributed by atoms with Crippen LogP contribution in [0.25, 0.3) is 0 Å².